The molecule has 0 aliphatic carbocycles. The van der Waals surface area contributed by atoms with Gasteiger partial charge in [-0.05, 0) is 54.8 Å². The van der Waals surface area contributed by atoms with Crippen LogP contribution in [0.15, 0.2) is 41.2 Å². The lowest BCUT2D eigenvalue weighted by Gasteiger charge is -2.14. The van der Waals surface area contributed by atoms with Crippen LogP contribution in [-0.2, 0) is 0 Å². The number of aromatic nitrogens is 1. The summed E-state index contributed by atoms with van der Waals surface area (Å²) >= 11 is 0. The smallest absolute Gasteiger partial charge is 0.261 e. The Bertz CT molecular complexity index is 703. The molecular weight excluding hydrogens is 283 g/mol. The van der Waals surface area contributed by atoms with E-state index in [-0.39, 0.29) is 23.3 Å². The molecule has 0 unspecified atom stereocenters. The molecule has 1 aromatic carbocycles. The van der Waals surface area contributed by atoms with Gasteiger partial charge in [-0.2, -0.15) is 0 Å². The minimum Gasteiger partial charge on any atom is -0.349 e. The monoisotopic (exact) mass is 302 g/mol. The topological polar surface area (TPSA) is 62.0 Å². The molecule has 0 fully saturated rings. The van der Waals surface area contributed by atoms with Crippen molar-refractivity contribution in [3.05, 3.63) is 58.1 Å². The molecule has 0 saturated heterocycles. The second-order valence-electron chi connectivity index (χ2n) is 5.11. The summed E-state index contributed by atoms with van der Waals surface area (Å²) in [7, 11) is 0. The second kappa shape index (κ2) is 7.02. The molecule has 2 rings (SSSR count). The first-order chi connectivity index (χ1) is 10.5. The summed E-state index contributed by atoms with van der Waals surface area (Å²) in [6.45, 7) is 3.96. The van der Waals surface area contributed by atoms with Gasteiger partial charge in [0.25, 0.3) is 11.5 Å². The van der Waals surface area contributed by atoms with E-state index in [2.05, 4.69) is 10.3 Å². The van der Waals surface area contributed by atoms with Crippen LogP contribution in [0.3, 0.4) is 0 Å². The highest BCUT2D eigenvalue weighted by Gasteiger charge is 2.14. The standard InChI is InChI=1S/C17H19FN2O2/c1-3-13(4-2)19-16(21)14-9-10-15(20-17(14)22)11-5-7-12(18)8-6-11/h5-10,13H,3-4H2,1-2H3,(H,19,21)(H,20,22). The van der Waals surface area contributed by atoms with E-state index >= 15 is 0 Å². The quantitative estimate of drug-likeness (QED) is 0.891. The number of hydrogen-bond donors (Lipinski definition) is 2. The van der Waals surface area contributed by atoms with Gasteiger partial charge in [0.2, 0.25) is 0 Å². The SMILES string of the molecule is CCC(CC)NC(=O)c1ccc(-c2ccc(F)cc2)[nH]c1=O. The number of carbonyl (C=O) groups is 1. The average Bonchev–Trinajstić information content (AvgIpc) is 2.53. The fourth-order valence-corrected chi connectivity index (χ4v) is 2.21. The Morgan fingerprint density at radius 3 is 2.32 bits per heavy atom. The third-order valence-corrected chi connectivity index (χ3v) is 3.63. The average molecular weight is 302 g/mol. The maximum atomic E-state index is 12.9. The first-order valence-corrected chi connectivity index (χ1v) is 7.35. The van der Waals surface area contributed by atoms with Crippen molar-refractivity contribution in [3.8, 4) is 11.3 Å². The normalized spacial score (nSPS) is 10.7. The zero-order valence-electron chi connectivity index (χ0n) is 12.7. The molecule has 0 aliphatic rings. The molecule has 0 atom stereocenters. The van der Waals surface area contributed by atoms with Gasteiger partial charge in [0.05, 0.1) is 0 Å². The molecule has 0 radical (unpaired) electrons. The lowest BCUT2D eigenvalue weighted by Crippen LogP contribution is -2.36. The van der Waals surface area contributed by atoms with E-state index in [4.69, 9.17) is 0 Å². The van der Waals surface area contributed by atoms with Crippen LogP contribution in [-0.4, -0.2) is 16.9 Å². The van der Waals surface area contributed by atoms with Gasteiger partial charge in [-0.25, -0.2) is 4.39 Å². The summed E-state index contributed by atoms with van der Waals surface area (Å²) in [6, 6.07) is 8.99. The molecule has 5 heteroatoms. The Balaban J connectivity index is 2.24. The second-order valence-corrected chi connectivity index (χ2v) is 5.11. The van der Waals surface area contributed by atoms with Crippen LogP contribution in [0.25, 0.3) is 11.3 Å². The summed E-state index contributed by atoms with van der Waals surface area (Å²) in [5.74, 6) is -0.715. The molecule has 22 heavy (non-hydrogen) atoms. The van der Waals surface area contributed by atoms with Crippen molar-refractivity contribution in [2.75, 3.05) is 0 Å². The Morgan fingerprint density at radius 1 is 1.14 bits per heavy atom. The first kappa shape index (κ1) is 15.9. The molecule has 2 N–H and O–H groups in total. The number of hydrogen-bond acceptors (Lipinski definition) is 2. The van der Waals surface area contributed by atoms with Crippen LogP contribution in [0, 0.1) is 5.82 Å². The maximum Gasteiger partial charge on any atom is 0.261 e. The summed E-state index contributed by atoms with van der Waals surface area (Å²) in [5, 5.41) is 2.83. The van der Waals surface area contributed by atoms with Crippen molar-refractivity contribution in [1.29, 1.82) is 0 Å². The predicted molar refractivity (Wildman–Crippen MR) is 84.3 cm³/mol. The summed E-state index contributed by atoms with van der Waals surface area (Å²) in [4.78, 5) is 26.9. The van der Waals surface area contributed by atoms with Crippen LogP contribution in [0.2, 0.25) is 0 Å². The fourth-order valence-electron chi connectivity index (χ4n) is 2.21. The predicted octanol–water partition coefficient (Wildman–Crippen LogP) is 3.10. The number of amides is 1. The molecular formula is C17H19FN2O2. The maximum absolute atomic E-state index is 12.9. The van der Waals surface area contributed by atoms with Gasteiger partial charge in [0.15, 0.2) is 0 Å². The number of H-pyrrole nitrogens is 1. The molecule has 116 valence electrons. The van der Waals surface area contributed by atoms with Gasteiger partial charge < -0.3 is 10.3 Å². The Morgan fingerprint density at radius 2 is 1.77 bits per heavy atom. The van der Waals surface area contributed by atoms with Crippen LogP contribution >= 0.6 is 0 Å². The number of aromatic amines is 1. The Kier molecular flexibility index (Phi) is 5.09. The van der Waals surface area contributed by atoms with E-state index in [0.717, 1.165) is 12.8 Å². The minimum atomic E-state index is -0.453. The Labute approximate surface area is 128 Å². The molecule has 0 aliphatic heterocycles. The van der Waals surface area contributed by atoms with Gasteiger partial charge >= 0.3 is 0 Å². The number of pyridine rings is 1. The highest BCUT2D eigenvalue weighted by Crippen LogP contribution is 2.16. The van der Waals surface area contributed by atoms with Gasteiger partial charge in [0, 0.05) is 11.7 Å². The number of rotatable bonds is 5. The van der Waals surface area contributed by atoms with Crippen LogP contribution in [0.5, 0.6) is 0 Å². The van der Waals surface area contributed by atoms with E-state index in [0.29, 0.717) is 11.3 Å². The van der Waals surface area contributed by atoms with Crippen molar-refractivity contribution in [3.63, 3.8) is 0 Å². The number of nitrogens with one attached hydrogen (secondary N) is 2. The van der Waals surface area contributed by atoms with E-state index in [9.17, 15) is 14.0 Å². The molecule has 4 nitrogen and oxygen atoms in total. The molecule has 0 spiro atoms. The molecule has 0 bridgehead atoms. The Hall–Kier alpha value is -2.43. The largest absolute Gasteiger partial charge is 0.349 e. The molecule has 1 amide bonds. The van der Waals surface area contributed by atoms with Gasteiger partial charge in [-0.1, -0.05) is 13.8 Å². The minimum absolute atomic E-state index is 0.0590. The van der Waals surface area contributed by atoms with Crippen molar-refractivity contribution in [2.45, 2.75) is 32.7 Å². The fraction of sp³-hybridized carbons (Fsp3) is 0.294. The van der Waals surface area contributed by atoms with Crippen molar-refractivity contribution >= 4 is 5.91 Å². The van der Waals surface area contributed by atoms with Crippen molar-refractivity contribution < 1.29 is 9.18 Å². The van der Waals surface area contributed by atoms with Crippen molar-refractivity contribution in [1.82, 2.24) is 10.3 Å². The molecule has 2 aromatic rings. The highest BCUT2D eigenvalue weighted by atomic mass is 19.1. The van der Waals surface area contributed by atoms with E-state index in [1.165, 1.54) is 18.2 Å². The van der Waals surface area contributed by atoms with E-state index < -0.39 is 5.56 Å². The van der Waals surface area contributed by atoms with Gasteiger partial charge in [-0.3, -0.25) is 9.59 Å². The highest BCUT2D eigenvalue weighted by molar-refractivity contribution is 5.94. The first-order valence-electron chi connectivity index (χ1n) is 7.35. The third-order valence-electron chi connectivity index (χ3n) is 3.63. The van der Waals surface area contributed by atoms with E-state index in [1.54, 1.807) is 18.2 Å². The number of carbonyl (C=O) groups excluding carboxylic acids is 1. The van der Waals surface area contributed by atoms with Crippen LogP contribution < -0.4 is 10.9 Å². The molecule has 0 saturated carbocycles. The van der Waals surface area contributed by atoms with Crippen LogP contribution in [0.1, 0.15) is 37.0 Å². The summed E-state index contributed by atoms with van der Waals surface area (Å²) in [6.07, 6.45) is 1.63. The van der Waals surface area contributed by atoms with E-state index in [1.807, 2.05) is 13.8 Å². The number of benzene rings is 1. The van der Waals surface area contributed by atoms with Crippen LogP contribution in [0.4, 0.5) is 4.39 Å². The molecule has 1 heterocycles. The van der Waals surface area contributed by atoms with Gasteiger partial charge in [-0.15, -0.1) is 0 Å². The summed E-state index contributed by atoms with van der Waals surface area (Å²) in [5.41, 5.74) is 0.859. The lowest BCUT2D eigenvalue weighted by molar-refractivity contribution is 0.0933. The summed E-state index contributed by atoms with van der Waals surface area (Å²) < 4.78 is 12.9. The number of halogens is 1. The third kappa shape index (κ3) is 3.61. The zero-order valence-corrected chi connectivity index (χ0v) is 12.7. The lowest BCUT2D eigenvalue weighted by atomic mass is 10.1. The van der Waals surface area contributed by atoms with Crippen molar-refractivity contribution in [2.24, 2.45) is 0 Å². The zero-order chi connectivity index (χ0) is 16.1. The molecule has 1 aromatic heterocycles. The van der Waals surface area contributed by atoms with Gasteiger partial charge in [0.1, 0.15) is 11.4 Å².